The highest BCUT2D eigenvalue weighted by atomic mass is 35.5. The third-order valence-corrected chi connectivity index (χ3v) is 4.44. The van der Waals surface area contributed by atoms with E-state index in [9.17, 15) is 0 Å². The molecule has 0 bridgehead atoms. The van der Waals surface area contributed by atoms with Crippen LogP contribution >= 0.6 is 11.6 Å². The van der Waals surface area contributed by atoms with Crippen molar-refractivity contribution < 1.29 is 0 Å². The normalized spacial score (nSPS) is 11.4. The number of rotatable bonds is 7. The van der Waals surface area contributed by atoms with Crippen molar-refractivity contribution in [2.45, 2.75) is 33.4 Å². The van der Waals surface area contributed by atoms with Gasteiger partial charge in [-0.3, -0.25) is 4.68 Å². The highest BCUT2D eigenvalue weighted by Gasteiger charge is 2.06. The molecule has 0 radical (unpaired) electrons. The zero-order chi connectivity index (χ0) is 17.8. The number of halogens is 1. The van der Waals surface area contributed by atoms with Crippen LogP contribution in [0.1, 0.15) is 23.4 Å². The summed E-state index contributed by atoms with van der Waals surface area (Å²) in [6.45, 7) is 6.99. The van der Waals surface area contributed by atoms with Gasteiger partial charge in [0, 0.05) is 35.6 Å². The molecule has 3 aromatic rings. The van der Waals surface area contributed by atoms with Crippen LogP contribution in [0.2, 0.25) is 5.02 Å². The van der Waals surface area contributed by atoms with Crippen molar-refractivity contribution in [3.63, 3.8) is 0 Å². The molecule has 132 valence electrons. The first-order valence-electron chi connectivity index (χ1n) is 8.50. The summed E-state index contributed by atoms with van der Waals surface area (Å²) < 4.78 is 3.97. The van der Waals surface area contributed by atoms with Crippen molar-refractivity contribution in [1.29, 1.82) is 0 Å². The van der Waals surface area contributed by atoms with Crippen molar-refractivity contribution in [2.75, 3.05) is 13.6 Å². The molecule has 0 aliphatic heterocycles. The van der Waals surface area contributed by atoms with Crippen LogP contribution in [0, 0.1) is 13.8 Å². The average Bonchev–Trinajstić information content (AvgIpc) is 3.15. The van der Waals surface area contributed by atoms with Crippen molar-refractivity contribution in [2.24, 2.45) is 0 Å². The first-order valence-corrected chi connectivity index (χ1v) is 8.88. The second-order valence-corrected chi connectivity index (χ2v) is 6.95. The lowest BCUT2D eigenvalue weighted by Gasteiger charge is -2.15. The Balaban J connectivity index is 1.50. The molecule has 0 atom stereocenters. The van der Waals surface area contributed by atoms with E-state index in [-0.39, 0.29) is 0 Å². The maximum Gasteiger partial charge on any atom is 0.0646 e. The summed E-state index contributed by atoms with van der Waals surface area (Å²) in [5.74, 6) is 0. The van der Waals surface area contributed by atoms with E-state index in [2.05, 4.69) is 46.0 Å². The van der Waals surface area contributed by atoms with Gasteiger partial charge in [0.25, 0.3) is 0 Å². The highest BCUT2D eigenvalue weighted by molar-refractivity contribution is 6.30. The lowest BCUT2D eigenvalue weighted by Crippen LogP contribution is -2.20. The standard InChI is InChI=1S/C19H24ClN5/c1-15-11-16(2)24(22-15)10-4-9-23(3)13-17-12-21-25(14-17)19-7-5-18(20)6-8-19/h5-8,11-12,14H,4,9-10,13H2,1-3H3. The molecule has 0 N–H and O–H groups in total. The molecule has 0 aliphatic carbocycles. The van der Waals surface area contributed by atoms with Gasteiger partial charge in [-0.1, -0.05) is 11.6 Å². The van der Waals surface area contributed by atoms with Crippen LogP contribution < -0.4 is 0 Å². The van der Waals surface area contributed by atoms with Crippen LogP contribution in [0.5, 0.6) is 0 Å². The Labute approximate surface area is 153 Å². The van der Waals surface area contributed by atoms with E-state index in [1.54, 1.807) is 0 Å². The molecule has 0 aliphatic rings. The quantitative estimate of drug-likeness (QED) is 0.644. The Kier molecular flexibility index (Phi) is 5.56. The second-order valence-electron chi connectivity index (χ2n) is 6.51. The molecule has 0 amide bonds. The molecule has 2 aromatic heterocycles. The summed E-state index contributed by atoms with van der Waals surface area (Å²) in [6, 6.07) is 9.82. The Hall–Kier alpha value is -2.11. The Morgan fingerprint density at radius 3 is 2.60 bits per heavy atom. The van der Waals surface area contributed by atoms with Gasteiger partial charge in [-0.25, -0.2) is 4.68 Å². The summed E-state index contributed by atoms with van der Waals surface area (Å²) >= 11 is 5.93. The fraction of sp³-hybridized carbons (Fsp3) is 0.368. The Morgan fingerprint density at radius 2 is 1.92 bits per heavy atom. The predicted octanol–water partition coefficient (Wildman–Crippen LogP) is 3.86. The lowest BCUT2D eigenvalue weighted by atomic mass is 10.3. The van der Waals surface area contributed by atoms with Gasteiger partial charge in [0.1, 0.15) is 0 Å². The number of aryl methyl sites for hydroxylation is 3. The van der Waals surface area contributed by atoms with E-state index < -0.39 is 0 Å². The zero-order valence-corrected chi connectivity index (χ0v) is 15.7. The van der Waals surface area contributed by atoms with Gasteiger partial charge in [0.05, 0.1) is 17.6 Å². The van der Waals surface area contributed by atoms with Crippen molar-refractivity contribution in [3.05, 3.63) is 64.7 Å². The fourth-order valence-electron chi connectivity index (χ4n) is 2.96. The van der Waals surface area contributed by atoms with E-state index in [4.69, 9.17) is 11.6 Å². The number of benzene rings is 1. The molecular formula is C19H24ClN5. The van der Waals surface area contributed by atoms with Gasteiger partial charge < -0.3 is 4.90 Å². The number of aromatic nitrogens is 4. The van der Waals surface area contributed by atoms with Gasteiger partial charge in [-0.05, 0) is 64.2 Å². The monoisotopic (exact) mass is 357 g/mol. The summed E-state index contributed by atoms with van der Waals surface area (Å²) in [5, 5.41) is 9.69. The molecule has 0 unspecified atom stereocenters. The van der Waals surface area contributed by atoms with Gasteiger partial charge in [0.15, 0.2) is 0 Å². The maximum absolute atomic E-state index is 5.93. The van der Waals surface area contributed by atoms with Gasteiger partial charge in [0.2, 0.25) is 0 Å². The van der Waals surface area contributed by atoms with Crippen molar-refractivity contribution >= 4 is 11.6 Å². The van der Waals surface area contributed by atoms with Crippen molar-refractivity contribution in [1.82, 2.24) is 24.5 Å². The van der Waals surface area contributed by atoms with Crippen LogP contribution in [0.4, 0.5) is 0 Å². The van der Waals surface area contributed by atoms with E-state index in [1.807, 2.05) is 42.1 Å². The molecule has 0 saturated carbocycles. The minimum Gasteiger partial charge on any atom is -0.302 e. The van der Waals surface area contributed by atoms with Crippen LogP contribution in [0.3, 0.4) is 0 Å². The molecule has 3 rings (SSSR count). The molecule has 0 spiro atoms. The number of hydrogen-bond acceptors (Lipinski definition) is 3. The van der Waals surface area contributed by atoms with Gasteiger partial charge in [-0.15, -0.1) is 0 Å². The fourth-order valence-corrected chi connectivity index (χ4v) is 3.09. The molecule has 25 heavy (non-hydrogen) atoms. The molecule has 0 fully saturated rings. The smallest absolute Gasteiger partial charge is 0.0646 e. The van der Waals surface area contributed by atoms with E-state index in [0.29, 0.717) is 0 Å². The zero-order valence-electron chi connectivity index (χ0n) is 15.0. The lowest BCUT2D eigenvalue weighted by molar-refractivity contribution is 0.310. The summed E-state index contributed by atoms with van der Waals surface area (Å²) in [6.07, 6.45) is 5.07. The molecule has 1 aromatic carbocycles. The van der Waals surface area contributed by atoms with Crippen LogP contribution in [0.25, 0.3) is 5.69 Å². The summed E-state index contributed by atoms with van der Waals surface area (Å²) in [7, 11) is 2.14. The summed E-state index contributed by atoms with van der Waals surface area (Å²) in [4.78, 5) is 2.31. The third-order valence-electron chi connectivity index (χ3n) is 4.19. The second kappa shape index (κ2) is 7.85. The highest BCUT2D eigenvalue weighted by Crippen LogP contribution is 2.14. The topological polar surface area (TPSA) is 38.9 Å². The van der Waals surface area contributed by atoms with Crippen LogP contribution in [-0.4, -0.2) is 38.1 Å². The first kappa shape index (κ1) is 17.7. The summed E-state index contributed by atoms with van der Waals surface area (Å²) in [5.41, 5.74) is 4.52. The van der Waals surface area contributed by atoms with Crippen molar-refractivity contribution in [3.8, 4) is 5.69 Å². The molecule has 5 nitrogen and oxygen atoms in total. The maximum atomic E-state index is 5.93. The van der Waals surface area contributed by atoms with Crippen LogP contribution in [0.15, 0.2) is 42.7 Å². The third kappa shape index (κ3) is 4.71. The van der Waals surface area contributed by atoms with Gasteiger partial charge in [-0.2, -0.15) is 10.2 Å². The van der Waals surface area contributed by atoms with Gasteiger partial charge >= 0.3 is 0 Å². The predicted molar refractivity (Wildman–Crippen MR) is 101 cm³/mol. The molecule has 0 saturated heterocycles. The minimum absolute atomic E-state index is 0.735. The average molecular weight is 358 g/mol. The van der Waals surface area contributed by atoms with Crippen LogP contribution in [-0.2, 0) is 13.1 Å². The Morgan fingerprint density at radius 1 is 1.16 bits per heavy atom. The molecule has 2 heterocycles. The first-order chi connectivity index (χ1) is 12.0. The van der Waals surface area contributed by atoms with E-state index >= 15 is 0 Å². The van der Waals surface area contributed by atoms with E-state index in [1.165, 1.54) is 11.3 Å². The number of nitrogens with zero attached hydrogens (tertiary/aromatic N) is 5. The largest absolute Gasteiger partial charge is 0.302 e. The molecule has 6 heteroatoms. The SMILES string of the molecule is Cc1cc(C)n(CCCN(C)Cc2cnn(-c3ccc(Cl)cc3)c2)n1. The minimum atomic E-state index is 0.735. The number of hydrogen-bond donors (Lipinski definition) is 0. The van der Waals surface area contributed by atoms with E-state index in [0.717, 1.165) is 42.5 Å². The molecular weight excluding hydrogens is 334 g/mol. The Bertz CT molecular complexity index is 819.